The Morgan fingerprint density at radius 2 is 1.83 bits per heavy atom. The van der Waals surface area contributed by atoms with Crippen LogP contribution in [-0.2, 0) is 4.79 Å². The van der Waals surface area contributed by atoms with Crippen LogP contribution in [0.5, 0.6) is 5.75 Å². The fraction of sp³-hybridized carbons (Fsp3) is 0.214. The van der Waals surface area contributed by atoms with Crippen LogP contribution in [0.15, 0.2) is 54.9 Å². The highest BCUT2D eigenvalue weighted by Crippen LogP contribution is 2.19. The van der Waals surface area contributed by atoms with Gasteiger partial charge in [0.15, 0.2) is 5.78 Å². The molecule has 1 unspecified atom stereocenters. The number of rotatable bonds is 6. The normalized spacial score (nSPS) is 12.1. The molecule has 0 fully saturated rings. The number of benzene rings is 1. The Labute approximate surface area is 105 Å². The van der Waals surface area contributed by atoms with Gasteiger partial charge in [-0.05, 0) is 24.3 Å². The van der Waals surface area contributed by atoms with Crippen molar-refractivity contribution in [3.05, 3.63) is 54.9 Å². The van der Waals surface area contributed by atoms with E-state index >= 15 is 0 Å². The van der Waals surface area contributed by atoms with E-state index in [0.29, 0.717) is 5.75 Å². The molecule has 0 saturated heterocycles. The lowest BCUT2D eigenvalue weighted by atomic mass is 10.2. The summed E-state index contributed by atoms with van der Waals surface area (Å²) in [4.78, 5) is 11.9. The lowest BCUT2D eigenvalue weighted by Gasteiger charge is -2.19. The molecule has 0 saturated carbocycles. The van der Waals surface area contributed by atoms with Gasteiger partial charge in [0.25, 0.3) is 0 Å². The number of hydrogen-bond acceptors (Lipinski definition) is 2. The van der Waals surface area contributed by atoms with E-state index in [1.165, 1.54) is 0 Å². The van der Waals surface area contributed by atoms with E-state index in [4.69, 9.17) is 4.74 Å². The number of para-hydroxylation sites is 1. The number of ketones is 1. The number of alkyl halides is 1. The van der Waals surface area contributed by atoms with Crippen molar-refractivity contribution in [3.8, 4) is 5.75 Å². The van der Waals surface area contributed by atoms with Gasteiger partial charge in [-0.1, -0.05) is 18.2 Å². The van der Waals surface area contributed by atoms with Crippen LogP contribution in [-0.4, -0.2) is 17.0 Å². The van der Waals surface area contributed by atoms with E-state index < -0.39 is 12.9 Å². The maximum absolute atomic E-state index is 12.3. The van der Waals surface area contributed by atoms with Crippen molar-refractivity contribution >= 4 is 5.78 Å². The maximum atomic E-state index is 12.3. The molecule has 1 aromatic heterocycles. The van der Waals surface area contributed by atoms with E-state index in [-0.39, 0.29) is 12.2 Å². The number of carbonyl (C=O) groups is 1. The number of halogens is 1. The average molecular weight is 247 g/mol. The summed E-state index contributed by atoms with van der Waals surface area (Å²) in [6.45, 7) is -0.672. The van der Waals surface area contributed by atoms with Gasteiger partial charge in [0.05, 0.1) is 6.67 Å². The number of nitrogens with zero attached hydrogens (tertiary/aromatic N) is 1. The molecular formula is C14H14FNO2. The van der Waals surface area contributed by atoms with Crippen molar-refractivity contribution in [1.29, 1.82) is 0 Å². The first-order valence-corrected chi connectivity index (χ1v) is 5.74. The minimum Gasteiger partial charge on any atom is -0.463 e. The third-order valence-corrected chi connectivity index (χ3v) is 2.51. The largest absolute Gasteiger partial charge is 0.463 e. The van der Waals surface area contributed by atoms with Crippen LogP contribution >= 0.6 is 0 Å². The van der Waals surface area contributed by atoms with Crippen LogP contribution in [0, 0.1) is 0 Å². The second kappa shape index (κ2) is 6.00. The predicted molar refractivity (Wildman–Crippen MR) is 66.1 cm³/mol. The summed E-state index contributed by atoms with van der Waals surface area (Å²) in [5, 5.41) is 0. The zero-order valence-electron chi connectivity index (χ0n) is 9.83. The van der Waals surface area contributed by atoms with Crippen molar-refractivity contribution in [2.45, 2.75) is 12.6 Å². The van der Waals surface area contributed by atoms with Gasteiger partial charge in [0, 0.05) is 18.8 Å². The molecule has 0 radical (unpaired) electrons. The molecule has 3 nitrogen and oxygen atoms in total. The van der Waals surface area contributed by atoms with Crippen LogP contribution in [0.2, 0.25) is 0 Å². The monoisotopic (exact) mass is 247 g/mol. The molecule has 94 valence electrons. The van der Waals surface area contributed by atoms with Crippen LogP contribution in [0.3, 0.4) is 0 Å². The first-order valence-electron chi connectivity index (χ1n) is 5.74. The second-order valence-corrected chi connectivity index (χ2v) is 3.82. The molecule has 0 spiro atoms. The van der Waals surface area contributed by atoms with E-state index in [2.05, 4.69) is 0 Å². The maximum Gasteiger partial charge on any atom is 0.235 e. The van der Waals surface area contributed by atoms with Gasteiger partial charge in [-0.2, -0.15) is 0 Å². The summed E-state index contributed by atoms with van der Waals surface area (Å²) < 4.78 is 19.5. The lowest BCUT2D eigenvalue weighted by molar-refractivity contribution is -0.129. The summed E-state index contributed by atoms with van der Waals surface area (Å²) in [5.74, 6) is 0.306. The van der Waals surface area contributed by atoms with Crippen LogP contribution < -0.4 is 4.74 Å². The van der Waals surface area contributed by atoms with E-state index in [9.17, 15) is 9.18 Å². The number of hydrogen-bond donors (Lipinski definition) is 0. The molecule has 18 heavy (non-hydrogen) atoms. The smallest absolute Gasteiger partial charge is 0.235 e. The molecule has 0 aliphatic carbocycles. The number of ether oxygens (including phenoxy) is 1. The highest BCUT2D eigenvalue weighted by Gasteiger charge is 2.20. The standard InChI is InChI=1S/C14H14FNO2/c15-9-8-13(17)14(16-10-4-5-11-16)18-12-6-2-1-3-7-12/h1-7,10-11,14H,8-9H2. The van der Waals surface area contributed by atoms with Crippen LogP contribution in [0.1, 0.15) is 12.6 Å². The fourth-order valence-electron chi connectivity index (χ4n) is 1.64. The van der Waals surface area contributed by atoms with Gasteiger partial charge in [-0.25, -0.2) is 0 Å². The Kier molecular flexibility index (Phi) is 4.12. The first-order chi connectivity index (χ1) is 8.81. The molecule has 4 heteroatoms. The summed E-state index contributed by atoms with van der Waals surface area (Å²) in [7, 11) is 0. The quantitative estimate of drug-likeness (QED) is 0.785. The highest BCUT2D eigenvalue weighted by atomic mass is 19.1. The Balaban J connectivity index is 2.18. The van der Waals surface area contributed by atoms with Crippen LogP contribution in [0.25, 0.3) is 0 Å². The van der Waals surface area contributed by atoms with Crippen molar-refractivity contribution in [3.63, 3.8) is 0 Å². The molecule has 0 aliphatic rings. The van der Waals surface area contributed by atoms with Gasteiger partial charge in [-0.15, -0.1) is 0 Å². The summed E-state index contributed by atoms with van der Waals surface area (Å²) in [5.41, 5.74) is 0. The molecule has 1 atom stereocenters. The Bertz CT molecular complexity index is 482. The van der Waals surface area contributed by atoms with E-state index in [1.54, 1.807) is 41.2 Å². The average Bonchev–Trinajstić information content (AvgIpc) is 2.91. The van der Waals surface area contributed by atoms with Gasteiger partial charge < -0.3 is 9.30 Å². The second-order valence-electron chi connectivity index (χ2n) is 3.82. The molecule has 1 heterocycles. The van der Waals surface area contributed by atoms with Gasteiger partial charge >= 0.3 is 0 Å². The third kappa shape index (κ3) is 2.97. The Morgan fingerprint density at radius 1 is 1.17 bits per heavy atom. The zero-order chi connectivity index (χ0) is 12.8. The van der Waals surface area contributed by atoms with Gasteiger partial charge in [0.1, 0.15) is 5.75 Å². The van der Waals surface area contributed by atoms with Crippen molar-refractivity contribution < 1.29 is 13.9 Å². The number of aromatic nitrogens is 1. The lowest BCUT2D eigenvalue weighted by Crippen LogP contribution is -2.24. The Hall–Kier alpha value is -2.10. The van der Waals surface area contributed by atoms with Gasteiger partial charge in [0.2, 0.25) is 6.23 Å². The molecule has 2 rings (SSSR count). The predicted octanol–water partition coefficient (Wildman–Crippen LogP) is 2.99. The summed E-state index contributed by atoms with van der Waals surface area (Å²) >= 11 is 0. The fourth-order valence-corrected chi connectivity index (χ4v) is 1.64. The molecule has 0 aliphatic heterocycles. The zero-order valence-corrected chi connectivity index (χ0v) is 9.83. The minimum atomic E-state index is -0.807. The first kappa shape index (κ1) is 12.4. The SMILES string of the molecule is O=C(CCF)C(Oc1ccccc1)n1cccc1. The molecule has 2 aromatic rings. The highest BCUT2D eigenvalue weighted by molar-refractivity contribution is 5.81. The molecule has 0 bridgehead atoms. The Morgan fingerprint density at radius 3 is 2.44 bits per heavy atom. The van der Waals surface area contributed by atoms with Gasteiger partial charge in [-0.3, -0.25) is 9.18 Å². The van der Waals surface area contributed by atoms with Crippen molar-refractivity contribution in [2.24, 2.45) is 0 Å². The number of Topliss-reactive ketones (excluding diaryl/α,β-unsaturated/α-hetero) is 1. The molecule has 0 N–H and O–H groups in total. The molecule has 1 aromatic carbocycles. The summed E-state index contributed by atoms with van der Waals surface area (Å²) in [6, 6.07) is 12.6. The topological polar surface area (TPSA) is 31.2 Å². The van der Waals surface area contributed by atoms with Crippen molar-refractivity contribution in [1.82, 2.24) is 4.57 Å². The van der Waals surface area contributed by atoms with Crippen molar-refractivity contribution in [2.75, 3.05) is 6.67 Å². The molecular weight excluding hydrogens is 233 g/mol. The van der Waals surface area contributed by atoms with E-state index in [1.807, 2.05) is 18.2 Å². The summed E-state index contributed by atoms with van der Waals surface area (Å²) in [6.07, 6.45) is 2.50. The minimum absolute atomic E-state index is 0.143. The van der Waals surface area contributed by atoms with Crippen LogP contribution in [0.4, 0.5) is 4.39 Å². The number of carbonyl (C=O) groups excluding carboxylic acids is 1. The molecule has 0 amide bonds. The third-order valence-electron chi connectivity index (χ3n) is 2.51. The van der Waals surface area contributed by atoms with E-state index in [0.717, 1.165) is 0 Å².